The standard InChI is InChI=1S/C27H22ClN3O/c28-24-7-3-4-8-25(24)31-15-13-30(14-16-31)18-19-9-11-20(12-10-19)26-21-5-1-2-6-22(21)27(32)23(26)17-29/h1-12H,13-16,18H2. The van der Waals surface area contributed by atoms with Crippen LogP contribution in [-0.2, 0) is 6.54 Å². The van der Waals surface area contributed by atoms with Gasteiger partial charge in [-0.05, 0) is 28.8 Å². The monoisotopic (exact) mass is 439 g/mol. The molecule has 0 saturated carbocycles. The molecule has 1 saturated heterocycles. The molecule has 2 aliphatic rings. The summed E-state index contributed by atoms with van der Waals surface area (Å²) < 4.78 is 0. The van der Waals surface area contributed by atoms with Crippen LogP contribution < -0.4 is 4.90 Å². The van der Waals surface area contributed by atoms with Gasteiger partial charge >= 0.3 is 0 Å². The predicted octanol–water partition coefficient (Wildman–Crippen LogP) is 5.18. The molecule has 0 aromatic heterocycles. The first-order valence-corrected chi connectivity index (χ1v) is 11.1. The van der Waals surface area contributed by atoms with Crippen molar-refractivity contribution in [2.45, 2.75) is 6.54 Å². The van der Waals surface area contributed by atoms with Crippen molar-refractivity contribution in [1.82, 2.24) is 4.90 Å². The molecule has 0 spiro atoms. The lowest BCUT2D eigenvalue weighted by Gasteiger charge is -2.36. The smallest absolute Gasteiger partial charge is 0.204 e. The van der Waals surface area contributed by atoms with Gasteiger partial charge in [0.1, 0.15) is 11.6 Å². The molecule has 0 unspecified atom stereocenters. The molecule has 0 atom stereocenters. The van der Waals surface area contributed by atoms with Crippen LogP contribution in [0.4, 0.5) is 5.69 Å². The number of ketones is 1. The Balaban J connectivity index is 1.28. The molecule has 32 heavy (non-hydrogen) atoms. The number of halogens is 1. The molecule has 1 fully saturated rings. The lowest BCUT2D eigenvalue weighted by atomic mass is 9.97. The van der Waals surface area contributed by atoms with Gasteiger partial charge in [0.05, 0.1) is 10.7 Å². The highest BCUT2D eigenvalue weighted by Gasteiger charge is 2.30. The molecule has 0 N–H and O–H groups in total. The first-order valence-electron chi connectivity index (χ1n) is 10.8. The number of nitriles is 1. The Hall–Kier alpha value is -3.39. The van der Waals surface area contributed by atoms with Gasteiger partial charge in [0.25, 0.3) is 0 Å². The summed E-state index contributed by atoms with van der Waals surface area (Å²) >= 11 is 6.35. The van der Waals surface area contributed by atoms with Gasteiger partial charge in [-0.1, -0.05) is 72.3 Å². The number of fused-ring (bicyclic) bond motifs is 1. The Kier molecular flexibility index (Phi) is 5.53. The summed E-state index contributed by atoms with van der Waals surface area (Å²) in [5.74, 6) is -0.182. The third kappa shape index (κ3) is 3.71. The van der Waals surface area contributed by atoms with Crippen molar-refractivity contribution >= 4 is 28.6 Å². The van der Waals surface area contributed by atoms with Gasteiger partial charge in [-0.15, -0.1) is 0 Å². The molecule has 4 nitrogen and oxygen atoms in total. The van der Waals surface area contributed by atoms with Gasteiger partial charge in [-0.3, -0.25) is 9.69 Å². The van der Waals surface area contributed by atoms with E-state index in [-0.39, 0.29) is 11.4 Å². The predicted molar refractivity (Wildman–Crippen MR) is 128 cm³/mol. The quantitative estimate of drug-likeness (QED) is 0.561. The van der Waals surface area contributed by atoms with Gasteiger partial charge in [0, 0.05) is 43.9 Å². The minimum absolute atomic E-state index is 0.182. The van der Waals surface area contributed by atoms with Crippen LogP contribution in [0, 0.1) is 11.3 Å². The van der Waals surface area contributed by atoms with Crippen LogP contribution in [-0.4, -0.2) is 36.9 Å². The maximum atomic E-state index is 12.6. The van der Waals surface area contributed by atoms with Crippen molar-refractivity contribution in [2.75, 3.05) is 31.1 Å². The number of benzene rings is 3. The molecule has 0 amide bonds. The van der Waals surface area contributed by atoms with E-state index in [1.54, 1.807) is 6.07 Å². The fraction of sp³-hybridized carbons (Fsp3) is 0.185. The third-order valence-corrected chi connectivity index (χ3v) is 6.56. The second-order valence-electron chi connectivity index (χ2n) is 8.15. The molecule has 3 aromatic carbocycles. The molecule has 3 aromatic rings. The number of piperazine rings is 1. The normalized spacial score (nSPS) is 16.2. The van der Waals surface area contributed by atoms with Crippen molar-refractivity contribution in [2.24, 2.45) is 0 Å². The molecule has 158 valence electrons. The number of anilines is 1. The van der Waals surface area contributed by atoms with Crippen LogP contribution in [0.5, 0.6) is 0 Å². The third-order valence-electron chi connectivity index (χ3n) is 6.24. The summed E-state index contributed by atoms with van der Waals surface area (Å²) in [5.41, 5.74) is 5.66. The number of hydrogen-bond acceptors (Lipinski definition) is 4. The van der Waals surface area contributed by atoms with Crippen molar-refractivity contribution in [3.63, 3.8) is 0 Å². The topological polar surface area (TPSA) is 47.3 Å². The number of carbonyl (C=O) groups is 1. The first-order chi connectivity index (χ1) is 15.7. The van der Waals surface area contributed by atoms with Crippen LogP contribution in [0.3, 0.4) is 0 Å². The van der Waals surface area contributed by atoms with Crippen molar-refractivity contribution in [3.8, 4) is 6.07 Å². The minimum atomic E-state index is -0.182. The molecule has 0 radical (unpaired) electrons. The number of hydrogen-bond donors (Lipinski definition) is 0. The summed E-state index contributed by atoms with van der Waals surface area (Å²) in [6, 6.07) is 25.8. The number of para-hydroxylation sites is 1. The van der Waals surface area contributed by atoms with Gasteiger partial charge in [0.15, 0.2) is 0 Å². The van der Waals surface area contributed by atoms with Crippen LogP contribution in [0.15, 0.2) is 78.4 Å². The van der Waals surface area contributed by atoms with E-state index >= 15 is 0 Å². The number of Topliss-reactive ketones (excluding diaryl/α,β-unsaturated/α-hetero) is 1. The van der Waals surface area contributed by atoms with Gasteiger partial charge in [-0.2, -0.15) is 5.26 Å². The van der Waals surface area contributed by atoms with Crippen molar-refractivity contribution in [1.29, 1.82) is 5.26 Å². The van der Waals surface area contributed by atoms with E-state index in [0.29, 0.717) is 5.56 Å². The van der Waals surface area contributed by atoms with Crippen LogP contribution in [0.2, 0.25) is 5.02 Å². The fourth-order valence-electron chi connectivity index (χ4n) is 4.58. The molecular weight excluding hydrogens is 418 g/mol. The Morgan fingerprint density at radius 2 is 1.50 bits per heavy atom. The SMILES string of the molecule is N#CC1=C(c2ccc(CN3CCN(c4ccccc4Cl)CC3)cc2)c2ccccc2C1=O. The van der Waals surface area contributed by atoms with E-state index in [9.17, 15) is 10.1 Å². The Labute approximate surface area is 193 Å². The zero-order valence-corrected chi connectivity index (χ0v) is 18.3. The summed E-state index contributed by atoms with van der Waals surface area (Å²) in [6.45, 7) is 4.70. The zero-order valence-electron chi connectivity index (χ0n) is 17.6. The Morgan fingerprint density at radius 3 is 2.19 bits per heavy atom. The molecule has 1 aliphatic carbocycles. The van der Waals surface area contributed by atoms with Crippen LogP contribution in [0.25, 0.3) is 5.57 Å². The number of carbonyl (C=O) groups excluding carboxylic acids is 1. The number of allylic oxidation sites excluding steroid dienone is 1. The van der Waals surface area contributed by atoms with Crippen LogP contribution in [0.1, 0.15) is 27.0 Å². The average Bonchev–Trinajstić information content (AvgIpc) is 3.12. The van der Waals surface area contributed by atoms with E-state index < -0.39 is 0 Å². The van der Waals surface area contributed by atoms with Gasteiger partial charge < -0.3 is 4.90 Å². The second kappa shape index (κ2) is 8.63. The molecule has 0 bridgehead atoms. The van der Waals surface area contributed by atoms with E-state index in [0.717, 1.165) is 60.1 Å². The average molecular weight is 440 g/mol. The summed E-state index contributed by atoms with van der Waals surface area (Å²) in [5, 5.41) is 10.4. The van der Waals surface area contributed by atoms with E-state index in [4.69, 9.17) is 11.6 Å². The minimum Gasteiger partial charge on any atom is -0.368 e. The summed E-state index contributed by atoms with van der Waals surface area (Å²) in [4.78, 5) is 17.4. The van der Waals surface area contributed by atoms with E-state index in [2.05, 4.69) is 34.1 Å². The highest BCUT2D eigenvalue weighted by molar-refractivity contribution is 6.33. The Morgan fingerprint density at radius 1 is 0.844 bits per heavy atom. The molecule has 1 heterocycles. The highest BCUT2D eigenvalue weighted by atomic mass is 35.5. The van der Waals surface area contributed by atoms with Crippen molar-refractivity contribution in [3.05, 3.63) is 106 Å². The Bertz CT molecular complexity index is 1250. The lowest BCUT2D eigenvalue weighted by molar-refractivity contribution is 0.104. The molecule has 1 aliphatic heterocycles. The maximum absolute atomic E-state index is 12.6. The van der Waals surface area contributed by atoms with E-state index in [1.165, 1.54) is 5.56 Å². The molecular formula is C27H22ClN3O. The summed E-state index contributed by atoms with van der Waals surface area (Å²) in [7, 11) is 0. The lowest BCUT2D eigenvalue weighted by Crippen LogP contribution is -2.46. The maximum Gasteiger partial charge on any atom is 0.204 e. The molecule has 5 rings (SSSR count). The fourth-order valence-corrected chi connectivity index (χ4v) is 4.83. The zero-order chi connectivity index (χ0) is 22.1. The van der Waals surface area contributed by atoms with Gasteiger partial charge in [-0.25, -0.2) is 0 Å². The van der Waals surface area contributed by atoms with E-state index in [1.807, 2.05) is 48.5 Å². The second-order valence-corrected chi connectivity index (χ2v) is 8.56. The molecule has 5 heteroatoms. The number of rotatable bonds is 4. The van der Waals surface area contributed by atoms with Gasteiger partial charge in [0.2, 0.25) is 5.78 Å². The highest BCUT2D eigenvalue weighted by Crippen LogP contribution is 2.37. The van der Waals surface area contributed by atoms with Crippen LogP contribution >= 0.6 is 11.6 Å². The largest absolute Gasteiger partial charge is 0.368 e. The first kappa shape index (κ1) is 20.5. The van der Waals surface area contributed by atoms with Crippen molar-refractivity contribution < 1.29 is 4.79 Å². The number of nitrogens with zero attached hydrogens (tertiary/aromatic N) is 3. The summed E-state index contributed by atoms with van der Waals surface area (Å²) in [6.07, 6.45) is 0.